The summed E-state index contributed by atoms with van der Waals surface area (Å²) in [4.78, 5) is 39.9. The van der Waals surface area contributed by atoms with Gasteiger partial charge < -0.3 is 15.3 Å². The van der Waals surface area contributed by atoms with Crippen molar-refractivity contribution in [3.8, 4) is 0 Å². The zero-order valence-corrected chi connectivity index (χ0v) is 23.3. The first kappa shape index (κ1) is 29.3. The van der Waals surface area contributed by atoms with Crippen LogP contribution >= 0.6 is 23.5 Å². The van der Waals surface area contributed by atoms with Crippen molar-refractivity contribution in [2.45, 2.75) is 24.6 Å². The molecular formula is C30H34N2O4S2. The van der Waals surface area contributed by atoms with Gasteiger partial charge >= 0.3 is 5.97 Å². The monoisotopic (exact) mass is 550 g/mol. The number of nitrogens with zero attached hydrogens (tertiary/aromatic N) is 1. The third kappa shape index (κ3) is 9.58. The minimum atomic E-state index is -1.07. The predicted octanol–water partition coefficient (Wildman–Crippen LogP) is 5.38. The second-order valence-electron chi connectivity index (χ2n) is 9.16. The zero-order valence-electron chi connectivity index (χ0n) is 21.7. The van der Waals surface area contributed by atoms with Crippen molar-refractivity contribution in [2.24, 2.45) is 5.92 Å². The summed E-state index contributed by atoms with van der Waals surface area (Å²) in [5, 5.41) is 12.4. The maximum Gasteiger partial charge on any atom is 0.327 e. The van der Waals surface area contributed by atoms with Crippen LogP contribution in [0.4, 0.5) is 5.69 Å². The first-order chi connectivity index (χ1) is 18.3. The minimum Gasteiger partial charge on any atom is -0.480 e. The van der Waals surface area contributed by atoms with E-state index in [1.54, 1.807) is 24.3 Å². The molecule has 6 nitrogen and oxygen atoms in total. The number of carboxylic acid groups (broad SMARTS) is 1. The maximum absolute atomic E-state index is 13.2. The van der Waals surface area contributed by atoms with Crippen LogP contribution in [0.3, 0.4) is 0 Å². The summed E-state index contributed by atoms with van der Waals surface area (Å²) in [5.74, 6) is -0.728. The number of benzene rings is 3. The van der Waals surface area contributed by atoms with Crippen LogP contribution in [0.2, 0.25) is 0 Å². The molecule has 0 spiro atoms. The van der Waals surface area contributed by atoms with Gasteiger partial charge in [0, 0.05) is 48.5 Å². The summed E-state index contributed by atoms with van der Waals surface area (Å²) in [7, 11) is 3.96. The summed E-state index contributed by atoms with van der Waals surface area (Å²) < 4.78 is 0. The van der Waals surface area contributed by atoms with Crippen LogP contribution in [0.5, 0.6) is 0 Å². The molecule has 1 amide bonds. The highest BCUT2D eigenvalue weighted by Gasteiger charge is 2.26. The molecule has 8 heteroatoms. The third-order valence-electron chi connectivity index (χ3n) is 6.04. The third-order valence-corrected chi connectivity index (χ3v) is 8.21. The van der Waals surface area contributed by atoms with Crippen molar-refractivity contribution < 1.29 is 19.5 Å². The van der Waals surface area contributed by atoms with Crippen LogP contribution in [0.25, 0.3) is 0 Å². The number of anilines is 1. The lowest BCUT2D eigenvalue weighted by molar-refractivity contribution is -0.141. The Labute approximate surface area is 233 Å². The van der Waals surface area contributed by atoms with Crippen LogP contribution in [-0.2, 0) is 21.8 Å². The van der Waals surface area contributed by atoms with Crippen molar-refractivity contribution in [2.75, 3.05) is 30.5 Å². The van der Waals surface area contributed by atoms with Crippen LogP contribution in [-0.4, -0.2) is 53.7 Å². The van der Waals surface area contributed by atoms with Crippen LogP contribution in [0, 0.1) is 5.92 Å². The molecule has 0 bridgehead atoms. The molecule has 3 rings (SSSR count). The SMILES string of the molecule is CN(C)c1ccc(CSCC(NC(=O)C(CCc2ccccc2)CSC(=O)c2ccccc2)C(=O)O)cc1. The number of amides is 1. The van der Waals surface area contributed by atoms with Gasteiger partial charge in [0.25, 0.3) is 0 Å². The summed E-state index contributed by atoms with van der Waals surface area (Å²) in [6, 6.07) is 25.9. The number of thioether (sulfide) groups is 2. The number of hydrogen-bond acceptors (Lipinski definition) is 6. The highest BCUT2D eigenvalue weighted by molar-refractivity contribution is 8.14. The van der Waals surface area contributed by atoms with Crippen LogP contribution in [0.1, 0.15) is 27.9 Å². The van der Waals surface area contributed by atoms with E-state index in [4.69, 9.17) is 0 Å². The number of aryl methyl sites for hydroxylation is 1. The summed E-state index contributed by atoms with van der Waals surface area (Å²) >= 11 is 2.57. The van der Waals surface area contributed by atoms with Gasteiger partial charge in [0.2, 0.25) is 11.0 Å². The Balaban J connectivity index is 1.59. The minimum absolute atomic E-state index is 0.103. The van der Waals surface area contributed by atoms with E-state index >= 15 is 0 Å². The van der Waals surface area contributed by atoms with Gasteiger partial charge in [0.1, 0.15) is 6.04 Å². The Hall–Kier alpha value is -3.23. The van der Waals surface area contributed by atoms with Gasteiger partial charge in [-0.1, -0.05) is 84.6 Å². The van der Waals surface area contributed by atoms with E-state index in [1.807, 2.05) is 79.7 Å². The molecule has 200 valence electrons. The molecule has 0 fully saturated rings. The molecule has 0 saturated heterocycles. The molecule has 0 aliphatic carbocycles. The number of carboxylic acids is 1. The van der Waals surface area contributed by atoms with E-state index < -0.39 is 17.9 Å². The molecule has 38 heavy (non-hydrogen) atoms. The quantitative estimate of drug-likeness (QED) is 0.279. The Morgan fingerprint density at radius 1 is 0.842 bits per heavy atom. The van der Waals surface area contributed by atoms with Gasteiger partial charge in [-0.3, -0.25) is 9.59 Å². The van der Waals surface area contributed by atoms with E-state index in [1.165, 1.54) is 11.8 Å². The average molecular weight is 551 g/mol. The second kappa shape index (κ2) is 15.2. The Morgan fingerprint density at radius 3 is 2.08 bits per heavy atom. The summed E-state index contributed by atoms with van der Waals surface area (Å²) in [6.07, 6.45) is 1.18. The van der Waals surface area contributed by atoms with Crippen LogP contribution < -0.4 is 10.2 Å². The predicted molar refractivity (Wildman–Crippen MR) is 158 cm³/mol. The molecule has 0 aliphatic rings. The number of rotatable bonds is 14. The topological polar surface area (TPSA) is 86.7 Å². The number of carbonyl (C=O) groups is 3. The molecule has 0 aromatic heterocycles. The standard InChI is InChI=1S/C30H34N2O4S2/c1-32(2)26-17-14-23(15-18-26)19-37-21-27(29(34)35)31-28(33)25(16-13-22-9-5-3-6-10-22)20-38-30(36)24-11-7-4-8-12-24/h3-12,14-15,17-18,25,27H,13,16,19-21H2,1-2H3,(H,31,33)(H,34,35). The van der Waals surface area contributed by atoms with E-state index in [-0.39, 0.29) is 22.5 Å². The molecule has 0 radical (unpaired) electrons. The largest absolute Gasteiger partial charge is 0.480 e. The fourth-order valence-corrected chi connectivity index (χ4v) is 5.74. The molecule has 0 aliphatic heterocycles. The van der Waals surface area contributed by atoms with Crippen molar-refractivity contribution in [3.63, 3.8) is 0 Å². The van der Waals surface area contributed by atoms with E-state index in [0.29, 0.717) is 24.2 Å². The van der Waals surface area contributed by atoms with E-state index in [0.717, 1.165) is 28.6 Å². The van der Waals surface area contributed by atoms with Crippen LogP contribution in [0.15, 0.2) is 84.9 Å². The zero-order chi connectivity index (χ0) is 27.3. The Morgan fingerprint density at radius 2 is 1.47 bits per heavy atom. The molecule has 0 heterocycles. The molecule has 2 N–H and O–H groups in total. The average Bonchev–Trinajstić information content (AvgIpc) is 2.93. The van der Waals surface area contributed by atoms with E-state index in [9.17, 15) is 19.5 Å². The van der Waals surface area contributed by atoms with Crippen molar-refractivity contribution in [1.29, 1.82) is 0 Å². The lowest BCUT2D eigenvalue weighted by Gasteiger charge is -2.20. The van der Waals surface area contributed by atoms with Gasteiger partial charge in [0.15, 0.2) is 0 Å². The Kier molecular flexibility index (Phi) is 11.8. The number of carbonyl (C=O) groups excluding carboxylic acids is 2. The van der Waals surface area contributed by atoms with Crippen molar-refractivity contribution >= 4 is 46.2 Å². The van der Waals surface area contributed by atoms with Gasteiger partial charge in [-0.15, -0.1) is 0 Å². The number of nitrogens with one attached hydrogen (secondary N) is 1. The fraction of sp³-hybridized carbons (Fsp3) is 0.300. The fourth-order valence-electron chi connectivity index (χ4n) is 3.76. The molecule has 3 aromatic rings. The molecule has 0 saturated carbocycles. The lowest BCUT2D eigenvalue weighted by Crippen LogP contribution is -2.45. The molecule has 3 aromatic carbocycles. The maximum atomic E-state index is 13.2. The van der Waals surface area contributed by atoms with Gasteiger partial charge in [-0.25, -0.2) is 4.79 Å². The summed E-state index contributed by atoms with van der Waals surface area (Å²) in [5.41, 5.74) is 3.86. The second-order valence-corrected chi connectivity index (χ2v) is 11.2. The van der Waals surface area contributed by atoms with Gasteiger partial charge in [0.05, 0.1) is 0 Å². The summed E-state index contributed by atoms with van der Waals surface area (Å²) in [6.45, 7) is 0. The first-order valence-electron chi connectivity index (χ1n) is 12.5. The highest BCUT2D eigenvalue weighted by Crippen LogP contribution is 2.21. The van der Waals surface area contributed by atoms with Crippen molar-refractivity contribution in [1.82, 2.24) is 5.32 Å². The Bertz CT molecular complexity index is 1170. The molecular weight excluding hydrogens is 516 g/mol. The lowest BCUT2D eigenvalue weighted by atomic mass is 10.00. The highest BCUT2D eigenvalue weighted by atomic mass is 32.2. The normalized spacial score (nSPS) is 12.4. The van der Waals surface area contributed by atoms with Gasteiger partial charge in [-0.2, -0.15) is 11.8 Å². The smallest absolute Gasteiger partial charge is 0.327 e. The molecule has 2 atom stereocenters. The number of hydrogen-bond donors (Lipinski definition) is 2. The molecule has 2 unspecified atom stereocenters. The van der Waals surface area contributed by atoms with Gasteiger partial charge in [-0.05, 0) is 36.1 Å². The first-order valence-corrected chi connectivity index (χ1v) is 14.6. The van der Waals surface area contributed by atoms with E-state index in [2.05, 4.69) is 5.32 Å². The van der Waals surface area contributed by atoms with Crippen molar-refractivity contribution in [3.05, 3.63) is 102 Å². The number of aliphatic carboxylic acids is 1.